The molecule has 1 aromatic rings. The lowest BCUT2D eigenvalue weighted by atomic mass is 10.1. The van der Waals surface area contributed by atoms with Gasteiger partial charge in [-0.1, -0.05) is 6.07 Å². The normalized spacial score (nSPS) is 16.1. The van der Waals surface area contributed by atoms with Gasteiger partial charge >= 0.3 is 0 Å². The SMILES string of the molecule is CN(C)c1cccc(OCC2(CC#N)CC2)c1. The summed E-state index contributed by atoms with van der Waals surface area (Å²) in [5, 5.41) is 8.74. The van der Waals surface area contributed by atoms with Crippen LogP contribution in [0.4, 0.5) is 5.69 Å². The Bertz CT molecular complexity index is 430. The number of nitriles is 1. The highest BCUT2D eigenvalue weighted by atomic mass is 16.5. The molecule has 1 aromatic carbocycles. The van der Waals surface area contributed by atoms with Crippen molar-refractivity contribution in [3.8, 4) is 11.8 Å². The first-order chi connectivity index (χ1) is 8.15. The highest BCUT2D eigenvalue weighted by molar-refractivity contribution is 5.49. The molecule has 0 heterocycles. The molecule has 0 radical (unpaired) electrons. The van der Waals surface area contributed by atoms with Gasteiger partial charge in [0.25, 0.3) is 0 Å². The van der Waals surface area contributed by atoms with Gasteiger partial charge in [0.15, 0.2) is 0 Å². The minimum Gasteiger partial charge on any atom is -0.493 e. The Labute approximate surface area is 103 Å². The Kier molecular flexibility index (Phi) is 3.23. The summed E-state index contributed by atoms with van der Waals surface area (Å²) in [6, 6.07) is 10.3. The van der Waals surface area contributed by atoms with E-state index in [2.05, 4.69) is 17.0 Å². The fraction of sp³-hybridized carbons (Fsp3) is 0.500. The van der Waals surface area contributed by atoms with E-state index in [-0.39, 0.29) is 5.41 Å². The van der Waals surface area contributed by atoms with Crippen molar-refractivity contribution in [1.29, 1.82) is 5.26 Å². The summed E-state index contributed by atoms with van der Waals surface area (Å²) in [6.45, 7) is 0.664. The van der Waals surface area contributed by atoms with Crippen LogP contribution in [0.3, 0.4) is 0 Å². The van der Waals surface area contributed by atoms with Crippen LogP contribution >= 0.6 is 0 Å². The van der Waals surface area contributed by atoms with E-state index in [9.17, 15) is 0 Å². The maximum absolute atomic E-state index is 8.74. The van der Waals surface area contributed by atoms with Gasteiger partial charge in [0.05, 0.1) is 12.7 Å². The summed E-state index contributed by atoms with van der Waals surface area (Å²) < 4.78 is 5.80. The van der Waals surface area contributed by atoms with Gasteiger partial charge in [0, 0.05) is 37.7 Å². The van der Waals surface area contributed by atoms with E-state index in [0.29, 0.717) is 13.0 Å². The zero-order valence-electron chi connectivity index (χ0n) is 10.4. The molecule has 1 fully saturated rings. The van der Waals surface area contributed by atoms with E-state index in [4.69, 9.17) is 10.00 Å². The molecule has 0 atom stereocenters. The fourth-order valence-corrected chi connectivity index (χ4v) is 1.80. The Morgan fingerprint density at radius 1 is 1.41 bits per heavy atom. The van der Waals surface area contributed by atoms with Crippen LogP contribution in [0.15, 0.2) is 24.3 Å². The van der Waals surface area contributed by atoms with E-state index in [1.54, 1.807) is 0 Å². The molecular weight excluding hydrogens is 212 g/mol. The van der Waals surface area contributed by atoms with Crippen molar-refractivity contribution in [1.82, 2.24) is 0 Å². The van der Waals surface area contributed by atoms with Crippen molar-refractivity contribution in [3.63, 3.8) is 0 Å². The molecule has 0 aliphatic heterocycles. The smallest absolute Gasteiger partial charge is 0.121 e. The summed E-state index contributed by atoms with van der Waals surface area (Å²) in [5.41, 5.74) is 1.27. The van der Waals surface area contributed by atoms with Crippen LogP contribution in [0.5, 0.6) is 5.75 Å². The van der Waals surface area contributed by atoms with Crippen LogP contribution in [-0.2, 0) is 0 Å². The zero-order valence-corrected chi connectivity index (χ0v) is 10.4. The van der Waals surface area contributed by atoms with Crippen LogP contribution in [0, 0.1) is 16.7 Å². The van der Waals surface area contributed by atoms with Crippen LogP contribution in [0.1, 0.15) is 19.3 Å². The van der Waals surface area contributed by atoms with E-state index in [0.717, 1.165) is 24.3 Å². The molecule has 0 amide bonds. The van der Waals surface area contributed by atoms with Gasteiger partial charge in [-0.05, 0) is 25.0 Å². The lowest BCUT2D eigenvalue weighted by molar-refractivity contribution is 0.237. The van der Waals surface area contributed by atoms with Crippen molar-refractivity contribution >= 4 is 5.69 Å². The molecule has 1 saturated carbocycles. The fourth-order valence-electron chi connectivity index (χ4n) is 1.80. The number of hydrogen-bond acceptors (Lipinski definition) is 3. The molecule has 0 saturated heterocycles. The number of anilines is 1. The predicted octanol–water partition coefficient (Wildman–Crippen LogP) is 2.83. The van der Waals surface area contributed by atoms with Crippen LogP contribution in [0.2, 0.25) is 0 Å². The molecule has 0 spiro atoms. The molecule has 1 aliphatic rings. The second-order valence-corrected chi connectivity index (χ2v) is 5.02. The highest BCUT2D eigenvalue weighted by Gasteiger charge is 2.43. The van der Waals surface area contributed by atoms with Crippen molar-refractivity contribution in [2.24, 2.45) is 5.41 Å². The van der Waals surface area contributed by atoms with Crippen LogP contribution < -0.4 is 9.64 Å². The number of benzene rings is 1. The summed E-state index contributed by atoms with van der Waals surface area (Å²) in [4.78, 5) is 2.05. The third-order valence-corrected chi connectivity index (χ3v) is 3.29. The number of nitrogens with zero attached hydrogens (tertiary/aromatic N) is 2. The second-order valence-electron chi connectivity index (χ2n) is 5.02. The van der Waals surface area contributed by atoms with E-state index in [1.165, 1.54) is 0 Å². The lowest BCUT2D eigenvalue weighted by Gasteiger charge is -2.16. The molecule has 0 bridgehead atoms. The maximum atomic E-state index is 8.74. The monoisotopic (exact) mass is 230 g/mol. The summed E-state index contributed by atoms with van der Waals surface area (Å²) >= 11 is 0. The van der Waals surface area contributed by atoms with Gasteiger partial charge in [-0.3, -0.25) is 0 Å². The first-order valence-electron chi connectivity index (χ1n) is 5.92. The van der Waals surface area contributed by atoms with Crippen molar-refractivity contribution in [2.45, 2.75) is 19.3 Å². The third-order valence-electron chi connectivity index (χ3n) is 3.29. The maximum Gasteiger partial charge on any atom is 0.121 e. The number of ether oxygens (including phenoxy) is 1. The Balaban J connectivity index is 1.95. The highest BCUT2D eigenvalue weighted by Crippen LogP contribution is 2.48. The van der Waals surface area contributed by atoms with Crippen molar-refractivity contribution < 1.29 is 4.74 Å². The topological polar surface area (TPSA) is 36.3 Å². The van der Waals surface area contributed by atoms with Crippen molar-refractivity contribution in [2.75, 3.05) is 25.6 Å². The van der Waals surface area contributed by atoms with Crippen LogP contribution in [-0.4, -0.2) is 20.7 Å². The minimum absolute atomic E-state index is 0.142. The molecule has 17 heavy (non-hydrogen) atoms. The molecule has 0 unspecified atom stereocenters. The molecular formula is C14H18N2O. The van der Waals surface area contributed by atoms with Gasteiger partial charge in [-0.15, -0.1) is 0 Å². The molecule has 3 heteroatoms. The summed E-state index contributed by atoms with van der Waals surface area (Å²) in [6.07, 6.45) is 2.85. The van der Waals surface area contributed by atoms with Crippen LogP contribution in [0.25, 0.3) is 0 Å². The molecule has 0 aromatic heterocycles. The lowest BCUT2D eigenvalue weighted by Crippen LogP contribution is -2.13. The Morgan fingerprint density at radius 3 is 2.76 bits per heavy atom. The van der Waals surface area contributed by atoms with Crippen molar-refractivity contribution in [3.05, 3.63) is 24.3 Å². The first-order valence-corrected chi connectivity index (χ1v) is 5.92. The van der Waals surface area contributed by atoms with E-state index < -0.39 is 0 Å². The minimum atomic E-state index is 0.142. The number of hydrogen-bond donors (Lipinski definition) is 0. The third kappa shape index (κ3) is 2.91. The first kappa shape index (κ1) is 11.8. The van der Waals surface area contributed by atoms with Gasteiger partial charge in [0.1, 0.15) is 5.75 Å². The molecule has 0 N–H and O–H groups in total. The number of rotatable bonds is 5. The van der Waals surface area contributed by atoms with E-state index in [1.807, 2.05) is 32.3 Å². The predicted molar refractivity (Wildman–Crippen MR) is 68.2 cm³/mol. The molecule has 1 aliphatic carbocycles. The zero-order chi connectivity index (χ0) is 12.3. The average Bonchev–Trinajstić information content (AvgIpc) is 3.08. The molecule has 3 nitrogen and oxygen atoms in total. The summed E-state index contributed by atoms with van der Waals surface area (Å²) in [7, 11) is 4.02. The van der Waals surface area contributed by atoms with E-state index >= 15 is 0 Å². The largest absolute Gasteiger partial charge is 0.493 e. The Morgan fingerprint density at radius 2 is 2.18 bits per heavy atom. The van der Waals surface area contributed by atoms with Gasteiger partial charge < -0.3 is 9.64 Å². The molecule has 90 valence electrons. The Hall–Kier alpha value is -1.69. The van der Waals surface area contributed by atoms with Gasteiger partial charge in [-0.2, -0.15) is 5.26 Å². The average molecular weight is 230 g/mol. The summed E-state index contributed by atoms with van der Waals surface area (Å²) in [5.74, 6) is 0.889. The standard InChI is InChI=1S/C14H18N2O/c1-16(2)12-4-3-5-13(10-12)17-11-14(6-7-14)8-9-15/h3-5,10H,6-8,11H2,1-2H3. The van der Waals surface area contributed by atoms with Gasteiger partial charge in [-0.25, -0.2) is 0 Å². The second kappa shape index (κ2) is 4.67. The quantitative estimate of drug-likeness (QED) is 0.780. The molecule has 2 rings (SSSR count). The van der Waals surface area contributed by atoms with Gasteiger partial charge in [0.2, 0.25) is 0 Å².